The van der Waals surface area contributed by atoms with Crippen LogP contribution in [0.2, 0.25) is 0 Å². The van der Waals surface area contributed by atoms with Crippen LogP contribution >= 0.6 is 0 Å². The van der Waals surface area contributed by atoms with Crippen molar-refractivity contribution in [2.24, 2.45) is 10.4 Å². The zero-order valence-corrected chi connectivity index (χ0v) is 15.0. The first-order chi connectivity index (χ1) is 10.9. The van der Waals surface area contributed by atoms with Crippen LogP contribution < -0.4 is 16.0 Å². The van der Waals surface area contributed by atoms with Gasteiger partial charge >= 0.3 is 0 Å². The Labute approximate surface area is 140 Å². The maximum absolute atomic E-state index is 12.0. The zero-order valence-electron chi connectivity index (χ0n) is 15.0. The average Bonchev–Trinajstić information content (AvgIpc) is 2.51. The molecule has 0 spiro atoms. The molecule has 0 saturated heterocycles. The molecule has 0 aromatic heterocycles. The molecule has 3 N–H and O–H groups in total. The minimum atomic E-state index is -0.491. The van der Waals surface area contributed by atoms with Gasteiger partial charge in [-0.1, -0.05) is 24.3 Å². The van der Waals surface area contributed by atoms with E-state index in [9.17, 15) is 4.79 Å². The standard InChI is InChI=1S/C18H30N4O/c1-6-19-16(23)18(4,5)13-22-17(20-7-2)21-12-15-11-9-8-10-14(15)3/h8-11H,6-7,12-13H2,1-5H3,(H,19,23)(H2,20,21,22). The van der Waals surface area contributed by atoms with Gasteiger partial charge in [-0.15, -0.1) is 0 Å². The van der Waals surface area contributed by atoms with E-state index in [2.05, 4.69) is 40.0 Å². The second-order valence-corrected chi connectivity index (χ2v) is 6.22. The Balaban J connectivity index is 2.69. The van der Waals surface area contributed by atoms with Gasteiger partial charge in [0.25, 0.3) is 0 Å². The summed E-state index contributed by atoms with van der Waals surface area (Å²) in [5.41, 5.74) is 1.94. The highest BCUT2D eigenvalue weighted by molar-refractivity contribution is 5.84. The molecule has 0 fully saturated rings. The summed E-state index contributed by atoms with van der Waals surface area (Å²) in [6.07, 6.45) is 0. The third-order valence-corrected chi connectivity index (χ3v) is 3.66. The summed E-state index contributed by atoms with van der Waals surface area (Å²) >= 11 is 0. The molecule has 1 amide bonds. The van der Waals surface area contributed by atoms with Gasteiger partial charge in [-0.25, -0.2) is 4.99 Å². The number of nitrogens with one attached hydrogen (secondary N) is 3. The predicted molar refractivity (Wildman–Crippen MR) is 96.5 cm³/mol. The van der Waals surface area contributed by atoms with Crippen LogP contribution in [0.3, 0.4) is 0 Å². The second kappa shape index (κ2) is 9.18. The van der Waals surface area contributed by atoms with E-state index in [1.165, 1.54) is 11.1 Å². The molecule has 0 aliphatic carbocycles. The lowest BCUT2D eigenvalue weighted by Crippen LogP contribution is -2.47. The number of carbonyl (C=O) groups is 1. The molecule has 5 nitrogen and oxygen atoms in total. The van der Waals surface area contributed by atoms with E-state index in [1.807, 2.05) is 39.8 Å². The van der Waals surface area contributed by atoms with Crippen molar-refractivity contribution in [3.8, 4) is 0 Å². The van der Waals surface area contributed by atoms with Gasteiger partial charge in [0, 0.05) is 19.6 Å². The van der Waals surface area contributed by atoms with Gasteiger partial charge in [-0.05, 0) is 45.7 Å². The number of aryl methyl sites for hydroxylation is 1. The molecule has 1 aromatic carbocycles. The number of carbonyl (C=O) groups excluding carboxylic acids is 1. The van der Waals surface area contributed by atoms with Gasteiger partial charge in [-0.3, -0.25) is 4.79 Å². The summed E-state index contributed by atoms with van der Waals surface area (Å²) < 4.78 is 0. The lowest BCUT2D eigenvalue weighted by molar-refractivity contribution is -0.128. The summed E-state index contributed by atoms with van der Waals surface area (Å²) in [5.74, 6) is 0.773. The SMILES string of the molecule is CCNC(=O)C(C)(C)CNC(=NCc1ccccc1C)NCC. The lowest BCUT2D eigenvalue weighted by atomic mass is 9.92. The third kappa shape index (κ3) is 6.30. The van der Waals surface area contributed by atoms with Crippen LogP contribution in [0.25, 0.3) is 0 Å². The van der Waals surface area contributed by atoms with Crippen LogP contribution in [-0.2, 0) is 11.3 Å². The Bertz CT molecular complexity index is 538. The molecule has 0 unspecified atom stereocenters. The number of hydrogen-bond donors (Lipinski definition) is 3. The fraction of sp³-hybridized carbons (Fsp3) is 0.556. The van der Waals surface area contributed by atoms with E-state index < -0.39 is 5.41 Å². The first kappa shape index (κ1) is 19.0. The van der Waals surface area contributed by atoms with Crippen molar-refractivity contribution in [3.63, 3.8) is 0 Å². The number of hydrogen-bond acceptors (Lipinski definition) is 2. The molecule has 0 heterocycles. The van der Waals surface area contributed by atoms with Crippen molar-refractivity contribution < 1.29 is 4.79 Å². The van der Waals surface area contributed by atoms with Gasteiger partial charge in [0.2, 0.25) is 5.91 Å². The van der Waals surface area contributed by atoms with Gasteiger partial charge in [0.1, 0.15) is 0 Å². The van der Waals surface area contributed by atoms with Crippen LogP contribution in [0, 0.1) is 12.3 Å². The van der Waals surface area contributed by atoms with E-state index >= 15 is 0 Å². The van der Waals surface area contributed by atoms with Gasteiger partial charge < -0.3 is 16.0 Å². The maximum Gasteiger partial charge on any atom is 0.227 e. The van der Waals surface area contributed by atoms with Crippen LogP contribution in [0.5, 0.6) is 0 Å². The Morgan fingerprint density at radius 2 is 1.74 bits per heavy atom. The number of rotatable bonds is 7. The minimum Gasteiger partial charge on any atom is -0.357 e. The molecular formula is C18H30N4O. The lowest BCUT2D eigenvalue weighted by Gasteiger charge is -2.24. The fourth-order valence-corrected chi connectivity index (χ4v) is 2.08. The average molecular weight is 318 g/mol. The van der Waals surface area contributed by atoms with Crippen LogP contribution in [0.1, 0.15) is 38.8 Å². The molecule has 1 rings (SSSR count). The van der Waals surface area contributed by atoms with Gasteiger partial charge in [0.05, 0.1) is 12.0 Å². The van der Waals surface area contributed by atoms with E-state index in [-0.39, 0.29) is 5.91 Å². The highest BCUT2D eigenvalue weighted by atomic mass is 16.2. The van der Waals surface area contributed by atoms with Crippen LogP contribution in [-0.4, -0.2) is 31.5 Å². The molecule has 23 heavy (non-hydrogen) atoms. The Kier molecular flexibility index (Phi) is 7.59. The summed E-state index contributed by atoms with van der Waals surface area (Å²) in [7, 11) is 0. The Morgan fingerprint density at radius 1 is 1.09 bits per heavy atom. The molecule has 0 saturated carbocycles. The number of guanidine groups is 1. The van der Waals surface area contributed by atoms with E-state index in [0.717, 1.165) is 12.5 Å². The molecule has 0 radical (unpaired) electrons. The maximum atomic E-state index is 12.0. The molecule has 1 aromatic rings. The van der Waals surface area contributed by atoms with Gasteiger partial charge in [0.15, 0.2) is 5.96 Å². The number of nitrogens with zero attached hydrogens (tertiary/aromatic N) is 1. The van der Waals surface area contributed by atoms with E-state index in [1.54, 1.807) is 0 Å². The molecule has 0 aliphatic heterocycles. The van der Waals surface area contributed by atoms with Crippen molar-refractivity contribution in [2.45, 2.75) is 41.2 Å². The number of benzene rings is 1. The first-order valence-corrected chi connectivity index (χ1v) is 8.25. The normalized spacial score (nSPS) is 12.0. The monoisotopic (exact) mass is 318 g/mol. The molecule has 0 aliphatic rings. The third-order valence-electron chi connectivity index (χ3n) is 3.66. The van der Waals surface area contributed by atoms with E-state index in [0.29, 0.717) is 19.6 Å². The highest BCUT2D eigenvalue weighted by Gasteiger charge is 2.27. The number of aliphatic imine (C=N–C) groups is 1. The van der Waals surface area contributed by atoms with Crippen molar-refractivity contribution in [2.75, 3.05) is 19.6 Å². The zero-order chi connectivity index (χ0) is 17.3. The summed E-state index contributed by atoms with van der Waals surface area (Å²) in [6.45, 7) is 12.5. The smallest absolute Gasteiger partial charge is 0.227 e. The molecule has 128 valence electrons. The summed E-state index contributed by atoms with van der Waals surface area (Å²) in [5, 5.41) is 9.36. The van der Waals surface area contributed by atoms with Crippen molar-refractivity contribution >= 4 is 11.9 Å². The summed E-state index contributed by atoms with van der Waals surface area (Å²) in [4.78, 5) is 16.7. The second-order valence-electron chi connectivity index (χ2n) is 6.22. The molecular weight excluding hydrogens is 288 g/mol. The number of amides is 1. The topological polar surface area (TPSA) is 65.5 Å². The Morgan fingerprint density at radius 3 is 2.35 bits per heavy atom. The van der Waals surface area contributed by atoms with Crippen molar-refractivity contribution in [3.05, 3.63) is 35.4 Å². The summed E-state index contributed by atoms with van der Waals surface area (Å²) in [6, 6.07) is 8.22. The molecule has 0 atom stereocenters. The van der Waals surface area contributed by atoms with Crippen LogP contribution in [0.4, 0.5) is 0 Å². The van der Waals surface area contributed by atoms with Crippen LogP contribution in [0.15, 0.2) is 29.3 Å². The highest BCUT2D eigenvalue weighted by Crippen LogP contribution is 2.13. The first-order valence-electron chi connectivity index (χ1n) is 8.25. The van der Waals surface area contributed by atoms with Gasteiger partial charge in [-0.2, -0.15) is 0 Å². The molecule has 0 bridgehead atoms. The van der Waals surface area contributed by atoms with Crippen molar-refractivity contribution in [1.82, 2.24) is 16.0 Å². The predicted octanol–water partition coefficient (Wildman–Crippen LogP) is 2.21. The fourth-order valence-electron chi connectivity index (χ4n) is 2.08. The largest absolute Gasteiger partial charge is 0.357 e. The van der Waals surface area contributed by atoms with Crippen molar-refractivity contribution in [1.29, 1.82) is 0 Å². The Hall–Kier alpha value is -2.04. The minimum absolute atomic E-state index is 0.0438. The quantitative estimate of drug-likeness (QED) is 0.533. The molecule has 5 heteroatoms. The van der Waals surface area contributed by atoms with E-state index in [4.69, 9.17) is 0 Å².